The number of hydrogen-bond acceptors (Lipinski definition) is 4. The van der Waals surface area contributed by atoms with Gasteiger partial charge in [-0.3, -0.25) is 0 Å². The van der Waals surface area contributed by atoms with Crippen molar-refractivity contribution in [1.29, 1.82) is 5.26 Å². The normalized spacial score (nSPS) is 19.9. The predicted octanol–water partition coefficient (Wildman–Crippen LogP) is 14.0. The Morgan fingerprint density at radius 3 is 1.47 bits per heavy atom. The van der Waals surface area contributed by atoms with Crippen LogP contribution < -0.4 is 0 Å². The van der Waals surface area contributed by atoms with Crippen molar-refractivity contribution in [1.82, 2.24) is 15.0 Å². The summed E-state index contributed by atoms with van der Waals surface area (Å²) >= 11 is 0. The van der Waals surface area contributed by atoms with E-state index in [1.54, 1.807) is 0 Å². The van der Waals surface area contributed by atoms with Gasteiger partial charge in [0, 0.05) is 16.7 Å². The molecule has 0 radical (unpaired) electrons. The number of hydrogen-bond donors (Lipinski definition) is 0. The van der Waals surface area contributed by atoms with Crippen molar-refractivity contribution in [3.8, 4) is 73.6 Å². The molecule has 1 aromatic heterocycles. The molecule has 2 aliphatic carbocycles. The molecule has 4 heteroatoms. The highest BCUT2D eigenvalue weighted by atomic mass is 15.0. The molecule has 0 aliphatic heterocycles. The van der Waals surface area contributed by atoms with Gasteiger partial charge in [0.15, 0.2) is 17.5 Å². The molecular formula is C55H46N4. The van der Waals surface area contributed by atoms with Crippen LogP contribution in [0.5, 0.6) is 0 Å². The van der Waals surface area contributed by atoms with Crippen LogP contribution in [0.3, 0.4) is 0 Å². The standard InChI is InChI=1S/C55H46N4/c1-36-25-39-26-37(2)33-55(32-36,34-39)51-23-21-43(22-24-51)49-29-48(42-17-15-40(16-18-42)46-20-19-41-14-13-38(35-56)27-47(41)28-46)30-50(31-49)54-58-52(44-9-5-3-6-10-44)57-53(59-54)45-11-7-4-8-12-45/h3-24,27-31,36-37,39H,25-26,32-34H2,1-2H3/t36-,37+,39?,55?. The van der Waals surface area contributed by atoms with Crippen LogP contribution in [0.1, 0.15) is 57.1 Å². The largest absolute Gasteiger partial charge is 0.208 e. The Morgan fingerprint density at radius 2 is 0.915 bits per heavy atom. The van der Waals surface area contributed by atoms with Crippen molar-refractivity contribution in [2.75, 3.05) is 0 Å². The Hall–Kier alpha value is -6.70. The van der Waals surface area contributed by atoms with Gasteiger partial charge >= 0.3 is 0 Å². The van der Waals surface area contributed by atoms with Crippen molar-refractivity contribution in [2.24, 2.45) is 17.8 Å². The zero-order valence-electron chi connectivity index (χ0n) is 33.6. The van der Waals surface area contributed by atoms with Gasteiger partial charge in [0.1, 0.15) is 0 Å². The van der Waals surface area contributed by atoms with Crippen LogP contribution in [0.25, 0.3) is 78.3 Å². The smallest absolute Gasteiger partial charge is 0.164 e. The molecule has 2 saturated carbocycles. The van der Waals surface area contributed by atoms with Crippen molar-refractivity contribution < 1.29 is 0 Å². The number of aromatic nitrogens is 3. The van der Waals surface area contributed by atoms with Crippen molar-refractivity contribution in [3.63, 3.8) is 0 Å². The third kappa shape index (κ3) is 7.34. The SMILES string of the molecule is C[C@@H]1CC2C[C@H](C)CC(c3ccc(-c4cc(-c5ccc(-c6ccc7ccc(C#N)cc7c6)cc5)cc(-c5nc(-c6ccccc6)nc(-c6ccccc6)n5)c4)cc3)(C2)C1. The first-order valence-electron chi connectivity index (χ1n) is 21.1. The fraction of sp³-hybridized carbons (Fsp3) is 0.200. The minimum Gasteiger partial charge on any atom is -0.208 e. The zero-order chi connectivity index (χ0) is 39.9. The van der Waals surface area contributed by atoms with Crippen LogP contribution in [0, 0.1) is 29.1 Å². The van der Waals surface area contributed by atoms with E-state index in [9.17, 15) is 5.26 Å². The van der Waals surface area contributed by atoms with E-state index in [1.165, 1.54) is 43.2 Å². The maximum Gasteiger partial charge on any atom is 0.164 e. The summed E-state index contributed by atoms with van der Waals surface area (Å²) in [5.41, 5.74) is 12.0. The molecule has 286 valence electrons. The molecule has 10 rings (SSSR count). The van der Waals surface area contributed by atoms with Gasteiger partial charge in [0.05, 0.1) is 11.6 Å². The van der Waals surface area contributed by atoms with Crippen molar-refractivity contribution in [2.45, 2.75) is 51.4 Å². The lowest BCUT2D eigenvalue weighted by atomic mass is 9.54. The minimum atomic E-state index is 0.281. The molecule has 0 N–H and O–H groups in total. The van der Waals surface area contributed by atoms with Crippen LogP contribution in [0.15, 0.2) is 164 Å². The van der Waals surface area contributed by atoms with E-state index in [0.717, 1.165) is 73.0 Å². The molecule has 2 bridgehead atoms. The highest BCUT2D eigenvalue weighted by Crippen LogP contribution is 2.54. The van der Waals surface area contributed by atoms with Crippen molar-refractivity contribution in [3.05, 3.63) is 175 Å². The average molecular weight is 763 g/mol. The predicted molar refractivity (Wildman–Crippen MR) is 241 cm³/mol. The Bertz CT molecular complexity index is 2760. The summed E-state index contributed by atoms with van der Waals surface area (Å²) in [7, 11) is 0. The molecule has 0 amide bonds. The summed E-state index contributed by atoms with van der Waals surface area (Å²) in [5, 5.41) is 11.7. The lowest BCUT2D eigenvalue weighted by molar-refractivity contribution is 0.0780. The van der Waals surface area contributed by atoms with Gasteiger partial charge in [-0.1, -0.05) is 141 Å². The molecule has 7 aromatic carbocycles. The Labute approximate surface area is 347 Å². The second-order valence-electron chi connectivity index (χ2n) is 17.3. The summed E-state index contributed by atoms with van der Waals surface area (Å²) < 4.78 is 0. The molecule has 0 saturated heterocycles. The van der Waals surface area contributed by atoms with E-state index in [1.807, 2.05) is 54.6 Å². The summed E-state index contributed by atoms with van der Waals surface area (Å²) in [6, 6.07) is 60.0. The van der Waals surface area contributed by atoms with E-state index in [2.05, 4.69) is 129 Å². The van der Waals surface area contributed by atoms with E-state index in [4.69, 9.17) is 15.0 Å². The van der Waals surface area contributed by atoms with E-state index >= 15 is 0 Å². The highest BCUT2D eigenvalue weighted by Gasteiger charge is 2.45. The Kier molecular flexibility index (Phi) is 9.46. The summed E-state index contributed by atoms with van der Waals surface area (Å²) in [5.74, 6) is 4.31. The minimum absolute atomic E-state index is 0.281. The number of nitriles is 1. The molecule has 2 fully saturated rings. The second-order valence-corrected chi connectivity index (χ2v) is 17.3. The fourth-order valence-corrected chi connectivity index (χ4v) is 10.5. The van der Waals surface area contributed by atoms with Crippen LogP contribution in [0.2, 0.25) is 0 Å². The molecule has 2 aliphatic rings. The molecule has 0 spiro atoms. The third-order valence-electron chi connectivity index (χ3n) is 12.9. The van der Waals surface area contributed by atoms with Gasteiger partial charge in [-0.15, -0.1) is 0 Å². The summed E-state index contributed by atoms with van der Waals surface area (Å²) in [4.78, 5) is 15.3. The summed E-state index contributed by atoms with van der Waals surface area (Å²) in [6.07, 6.45) is 6.65. The first-order valence-corrected chi connectivity index (χ1v) is 21.1. The molecular weight excluding hydrogens is 717 g/mol. The summed E-state index contributed by atoms with van der Waals surface area (Å²) in [6.45, 7) is 4.93. The van der Waals surface area contributed by atoms with Crippen LogP contribution >= 0.6 is 0 Å². The molecule has 4 nitrogen and oxygen atoms in total. The molecule has 2 unspecified atom stereocenters. The fourth-order valence-electron chi connectivity index (χ4n) is 10.5. The molecule has 59 heavy (non-hydrogen) atoms. The zero-order valence-corrected chi connectivity index (χ0v) is 33.6. The Balaban J connectivity index is 1.08. The van der Waals surface area contributed by atoms with Gasteiger partial charge in [-0.2, -0.15) is 5.26 Å². The Morgan fingerprint density at radius 1 is 0.441 bits per heavy atom. The van der Waals surface area contributed by atoms with E-state index < -0.39 is 0 Å². The topological polar surface area (TPSA) is 62.5 Å². The first-order chi connectivity index (χ1) is 28.9. The number of fused-ring (bicyclic) bond motifs is 3. The van der Waals surface area contributed by atoms with Crippen LogP contribution in [0.4, 0.5) is 0 Å². The monoisotopic (exact) mass is 762 g/mol. The lowest BCUT2D eigenvalue weighted by Gasteiger charge is -2.50. The molecule has 1 heterocycles. The third-order valence-corrected chi connectivity index (χ3v) is 12.9. The highest BCUT2D eigenvalue weighted by molar-refractivity contribution is 5.89. The first kappa shape index (κ1) is 36.6. The molecule has 8 aromatic rings. The lowest BCUT2D eigenvalue weighted by Crippen LogP contribution is -2.42. The average Bonchev–Trinajstić information content (AvgIpc) is 3.28. The second kappa shape index (κ2) is 15.2. The number of rotatable bonds is 7. The quantitative estimate of drug-likeness (QED) is 0.162. The number of benzene rings is 7. The molecule has 4 atom stereocenters. The van der Waals surface area contributed by atoms with Crippen LogP contribution in [-0.4, -0.2) is 15.0 Å². The van der Waals surface area contributed by atoms with Gasteiger partial charge in [-0.05, 0) is 141 Å². The van der Waals surface area contributed by atoms with E-state index in [-0.39, 0.29) is 5.41 Å². The number of nitrogens with zero attached hydrogens (tertiary/aromatic N) is 4. The van der Waals surface area contributed by atoms with Gasteiger partial charge in [0.25, 0.3) is 0 Å². The van der Waals surface area contributed by atoms with E-state index in [0.29, 0.717) is 23.0 Å². The maximum atomic E-state index is 9.49. The van der Waals surface area contributed by atoms with Gasteiger partial charge < -0.3 is 0 Å². The van der Waals surface area contributed by atoms with Gasteiger partial charge in [-0.25, -0.2) is 15.0 Å². The van der Waals surface area contributed by atoms with Crippen molar-refractivity contribution >= 4 is 10.8 Å². The maximum absolute atomic E-state index is 9.49. The van der Waals surface area contributed by atoms with Gasteiger partial charge in [0.2, 0.25) is 0 Å². The van der Waals surface area contributed by atoms with Crippen LogP contribution in [-0.2, 0) is 5.41 Å².